The summed E-state index contributed by atoms with van der Waals surface area (Å²) < 4.78 is 1.73. The topological polar surface area (TPSA) is 38.1 Å². The number of carbonyl (C=O) groups is 1. The summed E-state index contributed by atoms with van der Waals surface area (Å²) in [7, 11) is 1.87. The lowest BCUT2D eigenvalue weighted by Crippen LogP contribution is -2.27. The molecule has 1 saturated carbocycles. The summed E-state index contributed by atoms with van der Waals surface area (Å²) in [4.78, 5) is 15.3. The molecular weight excluding hydrogens is 346 g/mol. The van der Waals surface area contributed by atoms with Gasteiger partial charge in [0.25, 0.3) is 5.91 Å². The summed E-state index contributed by atoms with van der Waals surface area (Å²) in [5, 5.41) is 4.52. The lowest BCUT2D eigenvalue weighted by molar-refractivity contribution is 0.0996. The van der Waals surface area contributed by atoms with E-state index < -0.39 is 0 Å². The average molecular weight is 378 g/mol. The quantitative estimate of drug-likeness (QED) is 0.682. The number of rotatable bonds is 5. The number of hydrogen-bond donors (Lipinski definition) is 0. The number of nitrogens with zero attached hydrogens (tertiary/aromatic N) is 3. The van der Waals surface area contributed by atoms with E-state index in [2.05, 4.69) is 57.6 Å². The molecule has 28 heavy (non-hydrogen) atoms. The molecule has 4 heteroatoms. The number of benzene rings is 1. The van der Waals surface area contributed by atoms with Crippen LogP contribution in [0.15, 0.2) is 37.2 Å². The molecule has 1 heterocycles. The van der Waals surface area contributed by atoms with Gasteiger partial charge in [-0.3, -0.25) is 14.4 Å². The van der Waals surface area contributed by atoms with Crippen molar-refractivity contribution in [2.75, 3.05) is 4.90 Å². The van der Waals surface area contributed by atoms with Crippen LogP contribution in [0.2, 0.25) is 0 Å². The highest BCUT2D eigenvalue weighted by Gasteiger charge is 2.48. The van der Waals surface area contributed by atoms with Crippen LogP contribution in [0.1, 0.15) is 85.5 Å². The third-order valence-corrected chi connectivity index (χ3v) is 6.67. The molecule has 1 unspecified atom stereocenters. The van der Waals surface area contributed by atoms with E-state index in [1.54, 1.807) is 15.8 Å². The minimum atomic E-state index is -0.0379. The van der Waals surface area contributed by atoms with Crippen LogP contribution >= 0.6 is 0 Å². The Hall–Kier alpha value is -2.36. The van der Waals surface area contributed by atoms with Crippen molar-refractivity contribution in [3.63, 3.8) is 0 Å². The summed E-state index contributed by atoms with van der Waals surface area (Å²) in [6, 6.07) is 6.46. The van der Waals surface area contributed by atoms with Crippen molar-refractivity contribution < 1.29 is 4.79 Å². The second kappa shape index (κ2) is 6.91. The second-order valence-electron chi connectivity index (χ2n) is 9.01. The van der Waals surface area contributed by atoms with Crippen LogP contribution in [0.4, 0.5) is 5.69 Å². The molecule has 2 aliphatic carbocycles. The first-order valence-corrected chi connectivity index (χ1v) is 10.5. The van der Waals surface area contributed by atoms with E-state index >= 15 is 0 Å². The van der Waals surface area contributed by atoms with Gasteiger partial charge in [-0.1, -0.05) is 46.4 Å². The Morgan fingerprint density at radius 3 is 2.61 bits per heavy atom. The maximum atomic E-state index is 13.5. The minimum Gasteiger partial charge on any atom is -0.284 e. The zero-order valence-corrected chi connectivity index (χ0v) is 17.6. The van der Waals surface area contributed by atoms with E-state index in [0.717, 1.165) is 11.4 Å². The zero-order valence-electron chi connectivity index (χ0n) is 17.6. The maximum Gasteiger partial charge on any atom is 0.265 e. The molecule has 2 aliphatic rings. The molecular formula is C24H31N3O. The van der Waals surface area contributed by atoms with Crippen LogP contribution in [0.25, 0.3) is 0 Å². The van der Waals surface area contributed by atoms with Gasteiger partial charge in [0, 0.05) is 19.4 Å². The van der Waals surface area contributed by atoms with Gasteiger partial charge in [0.1, 0.15) is 0 Å². The van der Waals surface area contributed by atoms with E-state index in [4.69, 9.17) is 0 Å². The smallest absolute Gasteiger partial charge is 0.265 e. The summed E-state index contributed by atoms with van der Waals surface area (Å²) >= 11 is 0. The van der Waals surface area contributed by atoms with Crippen molar-refractivity contribution in [3.8, 4) is 0 Å². The lowest BCUT2D eigenvalue weighted by atomic mass is 9.84. The Labute approximate surface area is 168 Å². The predicted molar refractivity (Wildman–Crippen MR) is 114 cm³/mol. The molecule has 3 atom stereocenters. The lowest BCUT2D eigenvalue weighted by Gasteiger charge is -2.26. The first-order valence-electron chi connectivity index (χ1n) is 10.5. The van der Waals surface area contributed by atoms with Crippen LogP contribution in [0.5, 0.6) is 0 Å². The molecule has 0 radical (unpaired) electrons. The summed E-state index contributed by atoms with van der Waals surface area (Å²) in [6.45, 7) is 12.8. The van der Waals surface area contributed by atoms with Crippen molar-refractivity contribution in [2.24, 2.45) is 18.9 Å². The number of fused-ring (bicyclic) bond motifs is 5. The van der Waals surface area contributed by atoms with Gasteiger partial charge in [0.05, 0.1) is 16.9 Å². The Kier molecular flexibility index (Phi) is 4.68. The Morgan fingerprint density at radius 2 is 1.96 bits per heavy atom. The van der Waals surface area contributed by atoms with Crippen molar-refractivity contribution in [1.82, 2.24) is 9.78 Å². The molecule has 1 aromatic heterocycles. The molecule has 1 fully saturated rings. The number of aryl methyl sites for hydroxylation is 1. The largest absolute Gasteiger partial charge is 0.284 e. The van der Waals surface area contributed by atoms with Crippen LogP contribution in [0.3, 0.4) is 0 Å². The molecule has 1 amide bonds. The Morgan fingerprint density at radius 1 is 1.25 bits per heavy atom. The third kappa shape index (κ3) is 2.73. The van der Waals surface area contributed by atoms with Crippen LogP contribution in [0, 0.1) is 11.8 Å². The van der Waals surface area contributed by atoms with Crippen molar-refractivity contribution in [1.29, 1.82) is 0 Å². The van der Waals surface area contributed by atoms with E-state index in [0.29, 0.717) is 29.2 Å². The third-order valence-electron chi connectivity index (χ3n) is 6.67. The van der Waals surface area contributed by atoms with Gasteiger partial charge in [0.15, 0.2) is 0 Å². The standard InChI is InChI=1S/C24H31N3O/c1-7-27(24(28)19-13-26(6)25-23(19)15(4)5)20-10-8-9-16-17-11-12-18(22(16)20)21(17)14(2)3/h7-10,13-15,17-18,21H,1,11-12H2,2-6H3/t17-,18-,21?/m1/s1. The second-order valence-corrected chi connectivity index (χ2v) is 9.01. The molecule has 1 aromatic carbocycles. The highest BCUT2D eigenvalue weighted by atomic mass is 16.2. The van der Waals surface area contributed by atoms with Crippen LogP contribution in [-0.4, -0.2) is 15.7 Å². The van der Waals surface area contributed by atoms with Crippen LogP contribution in [-0.2, 0) is 7.05 Å². The van der Waals surface area contributed by atoms with E-state index in [9.17, 15) is 4.79 Å². The molecule has 4 nitrogen and oxygen atoms in total. The minimum absolute atomic E-state index is 0.0379. The SMILES string of the molecule is C=CN(C(=O)c1cn(C)nc1C(C)C)c1cccc2c1[C@@H]1CC[C@H]2C1C(C)C. The summed E-state index contributed by atoms with van der Waals surface area (Å²) in [5.74, 6) is 2.66. The predicted octanol–water partition coefficient (Wildman–Crippen LogP) is 5.58. The maximum absolute atomic E-state index is 13.5. The van der Waals surface area contributed by atoms with E-state index in [1.165, 1.54) is 24.0 Å². The number of hydrogen-bond acceptors (Lipinski definition) is 2. The average Bonchev–Trinajstić information content (AvgIpc) is 3.34. The number of amides is 1. The summed E-state index contributed by atoms with van der Waals surface area (Å²) in [5.41, 5.74) is 5.34. The zero-order chi connectivity index (χ0) is 20.2. The van der Waals surface area contributed by atoms with Gasteiger partial charge in [-0.15, -0.1) is 0 Å². The molecule has 0 N–H and O–H groups in total. The molecule has 2 bridgehead atoms. The van der Waals surface area contributed by atoms with Gasteiger partial charge in [-0.05, 0) is 59.6 Å². The van der Waals surface area contributed by atoms with Crippen molar-refractivity contribution in [2.45, 2.75) is 58.3 Å². The molecule has 148 valence electrons. The van der Waals surface area contributed by atoms with Gasteiger partial charge in [0.2, 0.25) is 0 Å². The fourth-order valence-electron chi connectivity index (χ4n) is 5.68. The first kappa shape index (κ1) is 19.0. The number of anilines is 1. The normalized spacial score (nSPS) is 22.8. The molecule has 4 rings (SSSR count). The fourth-order valence-corrected chi connectivity index (χ4v) is 5.68. The van der Waals surface area contributed by atoms with Crippen molar-refractivity contribution in [3.05, 3.63) is 59.6 Å². The fraction of sp³-hybridized carbons (Fsp3) is 0.500. The van der Waals surface area contributed by atoms with E-state index in [1.807, 2.05) is 13.2 Å². The molecule has 2 aromatic rings. The van der Waals surface area contributed by atoms with Crippen LogP contribution < -0.4 is 4.90 Å². The molecule has 0 saturated heterocycles. The van der Waals surface area contributed by atoms with Gasteiger partial charge in [-0.25, -0.2) is 0 Å². The number of aromatic nitrogens is 2. The number of carbonyl (C=O) groups excluding carboxylic acids is 1. The Bertz CT molecular complexity index is 924. The van der Waals surface area contributed by atoms with Gasteiger partial charge < -0.3 is 0 Å². The Balaban J connectivity index is 1.78. The van der Waals surface area contributed by atoms with E-state index in [-0.39, 0.29) is 11.8 Å². The highest BCUT2D eigenvalue weighted by molar-refractivity contribution is 6.08. The molecule has 0 aliphatic heterocycles. The van der Waals surface area contributed by atoms with Gasteiger partial charge >= 0.3 is 0 Å². The molecule has 0 spiro atoms. The highest BCUT2D eigenvalue weighted by Crippen LogP contribution is 2.61. The summed E-state index contributed by atoms with van der Waals surface area (Å²) in [6.07, 6.45) is 6.00. The first-order chi connectivity index (χ1) is 13.3. The monoisotopic (exact) mass is 377 g/mol. The van der Waals surface area contributed by atoms with Gasteiger partial charge in [-0.2, -0.15) is 5.10 Å². The van der Waals surface area contributed by atoms with Crippen molar-refractivity contribution >= 4 is 11.6 Å².